The van der Waals surface area contributed by atoms with Crippen LogP contribution in [0.3, 0.4) is 0 Å². The summed E-state index contributed by atoms with van der Waals surface area (Å²) >= 11 is 0. The maximum absolute atomic E-state index is 14.2. The summed E-state index contributed by atoms with van der Waals surface area (Å²) in [4.78, 5) is 60.7. The van der Waals surface area contributed by atoms with Crippen LogP contribution in [0.2, 0.25) is 0 Å². The van der Waals surface area contributed by atoms with Gasteiger partial charge in [-0.2, -0.15) is 0 Å². The summed E-state index contributed by atoms with van der Waals surface area (Å²) in [5, 5.41) is 0. The number of likely N-dealkylation sites (tertiary alicyclic amines) is 4. The second-order valence-electron chi connectivity index (χ2n) is 19.4. The summed E-state index contributed by atoms with van der Waals surface area (Å²) < 4.78 is 15.8. The zero-order chi connectivity index (χ0) is 48.6. The van der Waals surface area contributed by atoms with Crippen molar-refractivity contribution in [3.63, 3.8) is 0 Å². The monoisotopic (exact) mass is 929 g/mol. The van der Waals surface area contributed by atoms with Crippen LogP contribution in [0.4, 0.5) is 4.79 Å². The van der Waals surface area contributed by atoms with Crippen LogP contribution in [0, 0.1) is 0 Å². The molecule has 366 valence electrons. The molecule has 11 heteroatoms. The fourth-order valence-electron chi connectivity index (χ4n) is 10.7. The number of methoxy groups -OCH3 is 2. The summed E-state index contributed by atoms with van der Waals surface area (Å²) in [6.45, 7) is 14.6. The fraction of sp³-hybridized carbons (Fsp3) is 0.509. The molecule has 0 aliphatic carbocycles. The molecule has 0 unspecified atom stereocenters. The first kappa shape index (κ1) is 51.9. The van der Waals surface area contributed by atoms with Gasteiger partial charge in [0.25, 0.3) is 0 Å². The van der Waals surface area contributed by atoms with E-state index >= 15 is 0 Å². The molecule has 4 aromatic rings. The van der Waals surface area contributed by atoms with Crippen molar-refractivity contribution in [2.45, 2.75) is 134 Å². The molecule has 0 N–H and O–H groups in total. The summed E-state index contributed by atoms with van der Waals surface area (Å²) in [6.07, 6.45) is 7.13. The Morgan fingerprint density at radius 3 is 1.31 bits per heavy atom. The quantitative estimate of drug-likeness (QED) is 0.120. The van der Waals surface area contributed by atoms with Crippen molar-refractivity contribution in [1.29, 1.82) is 0 Å². The van der Waals surface area contributed by atoms with Crippen molar-refractivity contribution in [2.24, 2.45) is 0 Å². The van der Waals surface area contributed by atoms with E-state index in [-0.39, 0.29) is 29.9 Å². The van der Waals surface area contributed by atoms with E-state index in [1.807, 2.05) is 95.3 Å². The molecule has 0 radical (unpaired) electrons. The average Bonchev–Trinajstić information content (AvgIpc) is 3.39. The highest BCUT2D eigenvalue weighted by molar-refractivity contribution is 5.91. The second kappa shape index (κ2) is 25.2. The Morgan fingerprint density at radius 2 is 0.912 bits per heavy atom. The summed E-state index contributed by atoms with van der Waals surface area (Å²) in [5.74, 6) is -0.153. The zero-order valence-electron chi connectivity index (χ0n) is 41.6. The molecule has 4 saturated heterocycles. The first-order valence-electron chi connectivity index (χ1n) is 25.1. The van der Waals surface area contributed by atoms with Crippen LogP contribution in [0.15, 0.2) is 121 Å². The molecule has 11 nitrogen and oxygen atoms in total. The third-order valence-electron chi connectivity index (χ3n) is 14.0. The first-order chi connectivity index (χ1) is 32.9. The summed E-state index contributed by atoms with van der Waals surface area (Å²) in [5.41, 5.74) is 4.05. The molecule has 8 rings (SSSR count). The lowest BCUT2D eigenvalue weighted by molar-refractivity contribution is -0.156. The van der Waals surface area contributed by atoms with Gasteiger partial charge in [-0.25, -0.2) is 14.4 Å². The van der Waals surface area contributed by atoms with Crippen molar-refractivity contribution < 1.29 is 33.4 Å². The number of benzene rings is 4. The van der Waals surface area contributed by atoms with Crippen molar-refractivity contribution in [1.82, 2.24) is 19.6 Å². The molecule has 0 spiro atoms. The summed E-state index contributed by atoms with van der Waals surface area (Å²) in [7, 11) is 2.80. The minimum absolute atomic E-state index is 0.0351. The van der Waals surface area contributed by atoms with E-state index in [4.69, 9.17) is 14.2 Å². The molecular formula is C57H76N4O7. The van der Waals surface area contributed by atoms with Crippen LogP contribution in [0.25, 0.3) is 0 Å². The predicted octanol–water partition coefficient (Wildman–Crippen LogP) is 10.1. The van der Waals surface area contributed by atoms with Gasteiger partial charge in [0.2, 0.25) is 5.91 Å². The summed E-state index contributed by atoms with van der Waals surface area (Å²) in [6, 6.07) is 40.5. The topological polar surface area (TPSA) is 109 Å². The molecule has 4 heterocycles. The van der Waals surface area contributed by atoms with Crippen LogP contribution in [0.5, 0.6) is 0 Å². The number of rotatable bonds is 9. The first-order valence-corrected chi connectivity index (χ1v) is 25.1. The molecule has 68 heavy (non-hydrogen) atoms. The normalized spacial score (nSPS) is 23.5. The number of carbonyl (C=O) groups excluding carboxylic acids is 4. The highest BCUT2D eigenvalue weighted by atomic mass is 16.6. The van der Waals surface area contributed by atoms with Gasteiger partial charge in [-0.3, -0.25) is 19.5 Å². The van der Waals surface area contributed by atoms with Gasteiger partial charge in [0.05, 0.1) is 20.1 Å². The van der Waals surface area contributed by atoms with Crippen molar-refractivity contribution in [3.8, 4) is 0 Å². The minimum Gasteiger partial charge on any atom is -0.467 e. The number of piperidine rings is 4. The van der Waals surface area contributed by atoms with Gasteiger partial charge in [-0.1, -0.05) is 135 Å². The molecule has 0 bridgehead atoms. The van der Waals surface area contributed by atoms with Gasteiger partial charge in [-0.15, -0.1) is 0 Å². The van der Waals surface area contributed by atoms with Gasteiger partial charge in [0, 0.05) is 38.3 Å². The van der Waals surface area contributed by atoms with Gasteiger partial charge >= 0.3 is 18.0 Å². The molecule has 4 aromatic carbocycles. The number of hydrogen-bond acceptors (Lipinski definition) is 9. The van der Waals surface area contributed by atoms with Gasteiger partial charge in [0.15, 0.2) is 0 Å². The molecule has 6 atom stereocenters. The zero-order valence-corrected chi connectivity index (χ0v) is 41.6. The maximum atomic E-state index is 14.2. The van der Waals surface area contributed by atoms with E-state index in [2.05, 4.69) is 70.5 Å². The van der Waals surface area contributed by atoms with Crippen LogP contribution in [0.1, 0.15) is 126 Å². The van der Waals surface area contributed by atoms with E-state index < -0.39 is 29.7 Å². The fourth-order valence-corrected chi connectivity index (χ4v) is 10.7. The molecule has 0 saturated carbocycles. The molecule has 0 aromatic heterocycles. The predicted molar refractivity (Wildman–Crippen MR) is 268 cm³/mol. The Hall–Kier alpha value is -5.52. The number of amides is 2. The van der Waals surface area contributed by atoms with Crippen LogP contribution in [-0.4, -0.2) is 127 Å². The van der Waals surface area contributed by atoms with Crippen molar-refractivity contribution >= 4 is 23.9 Å². The number of hydrogen-bond donors (Lipinski definition) is 0. The largest absolute Gasteiger partial charge is 0.467 e. The smallest absolute Gasteiger partial charge is 0.411 e. The van der Waals surface area contributed by atoms with Crippen LogP contribution in [-0.2, 0) is 28.6 Å². The average molecular weight is 929 g/mol. The maximum Gasteiger partial charge on any atom is 0.411 e. The Bertz CT molecular complexity index is 2130. The molecule has 4 aliphatic rings. The number of carbonyl (C=O) groups is 4. The van der Waals surface area contributed by atoms with E-state index in [0.29, 0.717) is 37.8 Å². The molecule has 2 amide bonds. The Labute approximate surface area is 406 Å². The highest BCUT2D eigenvalue weighted by Crippen LogP contribution is 2.36. The van der Waals surface area contributed by atoms with Crippen LogP contribution < -0.4 is 0 Å². The second-order valence-corrected chi connectivity index (χ2v) is 19.4. The third kappa shape index (κ3) is 13.6. The molecular weight excluding hydrogens is 853 g/mol. The van der Waals surface area contributed by atoms with Crippen LogP contribution >= 0.6 is 0 Å². The third-order valence-corrected chi connectivity index (χ3v) is 14.0. The van der Waals surface area contributed by atoms with Gasteiger partial charge in [0.1, 0.15) is 17.7 Å². The molecule has 4 aliphatic heterocycles. The minimum atomic E-state index is -0.593. The standard InChI is InChI=1S/C32H36N2O3.C23H34N2O4.C2H6/c1-37-32(36)29-22-28(33-20-11-18-27(23-33)24-12-5-2-6-13-24)19-21-34(29)31(35)30(25-14-7-3-8-15-25)26-16-9-4-10-17-26;1-23(2,3)29-22(27)25-14-12-19(15-20(25)21(26)28-4)24-13-8-11-18(16-24)17-9-6-5-7-10-17;1-2/h2-10,12-17,27-30H,11,18-23H2,1H3;5-7,9-10,18-20H,8,11-16H2,1-4H3;1-2H3/t27-,28-,29+;18-,19-,20+;/m11./s1. The number of ether oxygens (including phenoxy) is 3. The highest BCUT2D eigenvalue weighted by Gasteiger charge is 2.43. The lowest BCUT2D eigenvalue weighted by Gasteiger charge is -2.45. The number of nitrogens with zero attached hydrogens (tertiary/aromatic N) is 4. The number of esters is 2. The lowest BCUT2D eigenvalue weighted by Crippen LogP contribution is -2.57. The van der Waals surface area contributed by atoms with Gasteiger partial charge < -0.3 is 19.1 Å². The van der Waals surface area contributed by atoms with Crippen molar-refractivity contribution in [2.75, 3.05) is 53.5 Å². The lowest BCUT2D eigenvalue weighted by atomic mass is 9.86. The Balaban J connectivity index is 0.000000222. The van der Waals surface area contributed by atoms with E-state index in [1.54, 1.807) is 9.80 Å². The Kier molecular flexibility index (Phi) is 19.2. The SMILES string of the molecule is CC.COC(=O)[C@@H]1C[C@H](N2CCC[C@@H](c3ccccc3)C2)CCN1C(=O)C(c1ccccc1)c1ccccc1.COC(=O)[C@@H]1C[C@H](N2CCC[C@@H](c3ccccc3)C2)CCN1C(=O)OC(C)(C)C. The van der Waals surface area contributed by atoms with E-state index in [9.17, 15) is 19.2 Å². The van der Waals surface area contributed by atoms with Gasteiger partial charge in [-0.05, 0) is 119 Å². The van der Waals surface area contributed by atoms with E-state index in [1.165, 1.54) is 38.2 Å². The molecule has 4 fully saturated rings. The van der Waals surface area contributed by atoms with E-state index in [0.717, 1.165) is 63.0 Å². The Morgan fingerprint density at radius 1 is 0.529 bits per heavy atom. The van der Waals surface area contributed by atoms with Crippen molar-refractivity contribution in [3.05, 3.63) is 144 Å².